The predicted octanol–water partition coefficient (Wildman–Crippen LogP) is 3.27. The molecule has 0 unspecified atom stereocenters. The molecule has 1 fully saturated rings. The van der Waals surface area contributed by atoms with Gasteiger partial charge in [-0.2, -0.15) is 5.10 Å². The number of halogens is 1. The minimum atomic E-state index is -0.281. The van der Waals surface area contributed by atoms with Crippen LogP contribution in [0.4, 0.5) is 4.39 Å². The first-order valence-electron chi connectivity index (χ1n) is 8.98. The fourth-order valence-corrected chi connectivity index (χ4v) is 3.15. The number of H-pyrrole nitrogens is 1. The van der Waals surface area contributed by atoms with Gasteiger partial charge in [-0.05, 0) is 18.2 Å². The SMILES string of the molecule is COc1cccc(-c2[nH]ncc2C(=O)N2CC(OCc3ccccc3F)C2)c1. The van der Waals surface area contributed by atoms with E-state index in [1.807, 2.05) is 24.3 Å². The van der Waals surface area contributed by atoms with Gasteiger partial charge in [-0.15, -0.1) is 0 Å². The van der Waals surface area contributed by atoms with E-state index in [0.29, 0.717) is 35.7 Å². The second kappa shape index (κ2) is 7.82. The van der Waals surface area contributed by atoms with Crippen molar-refractivity contribution in [3.63, 3.8) is 0 Å². The van der Waals surface area contributed by atoms with Gasteiger partial charge < -0.3 is 14.4 Å². The Hall–Kier alpha value is -3.19. The van der Waals surface area contributed by atoms with E-state index in [2.05, 4.69) is 10.2 Å². The molecule has 1 aliphatic heterocycles. The normalized spacial score (nSPS) is 14.0. The molecule has 0 saturated carbocycles. The molecule has 4 rings (SSSR count). The Morgan fingerprint density at radius 3 is 2.86 bits per heavy atom. The zero-order chi connectivity index (χ0) is 19.5. The predicted molar refractivity (Wildman–Crippen MR) is 101 cm³/mol. The highest BCUT2D eigenvalue weighted by molar-refractivity contribution is 6.00. The molecule has 0 spiro atoms. The second-order valence-electron chi connectivity index (χ2n) is 6.63. The summed E-state index contributed by atoms with van der Waals surface area (Å²) in [5.74, 6) is 0.310. The van der Waals surface area contributed by atoms with Gasteiger partial charge in [0.1, 0.15) is 11.6 Å². The minimum absolute atomic E-state index is 0.101. The van der Waals surface area contributed by atoms with E-state index in [9.17, 15) is 9.18 Å². The molecule has 0 radical (unpaired) electrons. The van der Waals surface area contributed by atoms with Crippen LogP contribution >= 0.6 is 0 Å². The lowest BCUT2D eigenvalue weighted by Crippen LogP contribution is -2.54. The molecule has 1 saturated heterocycles. The number of likely N-dealkylation sites (tertiary alicyclic amines) is 1. The molecule has 1 aromatic heterocycles. The molecule has 7 heteroatoms. The number of hydrogen-bond donors (Lipinski definition) is 1. The van der Waals surface area contributed by atoms with Crippen molar-refractivity contribution in [3.8, 4) is 17.0 Å². The van der Waals surface area contributed by atoms with Crippen LogP contribution in [0.25, 0.3) is 11.3 Å². The highest BCUT2D eigenvalue weighted by atomic mass is 19.1. The molecule has 1 N–H and O–H groups in total. The monoisotopic (exact) mass is 381 g/mol. The highest BCUT2D eigenvalue weighted by Gasteiger charge is 2.33. The first-order chi connectivity index (χ1) is 13.7. The Balaban J connectivity index is 1.38. The molecule has 3 aromatic rings. The quantitative estimate of drug-likeness (QED) is 0.712. The van der Waals surface area contributed by atoms with Crippen LogP contribution in [0.2, 0.25) is 0 Å². The van der Waals surface area contributed by atoms with E-state index < -0.39 is 0 Å². The van der Waals surface area contributed by atoms with Crippen LogP contribution in [0, 0.1) is 5.82 Å². The summed E-state index contributed by atoms with van der Waals surface area (Å²) >= 11 is 0. The largest absolute Gasteiger partial charge is 0.497 e. The molecule has 0 aliphatic carbocycles. The van der Waals surface area contributed by atoms with Crippen molar-refractivity contribution in [1.82, 2.24) is 15.1 Å². The molecule has 0 atom stereocenters. The van der Waals surface area contributed by atoms with E-state index in [-0.39, 0.29) is 24.4 Å². The minimum Gasteiger partial charge on any atom is -0.497 e. The van der Waals surface area contributed by atoms with Crippen LogP contribution in [-0.2, 0) is 11.3 Å². The summed E-state index contributed by atoms with van der Waals surface area (Å²) in [6.07, 6.45) is 1.43. The average molecular weight is 381 g/mol. The highest BCUT2D eigenvalue weighted by Crippen LogP contribution is 2.27. The van der Waals surface area contributed by atoms with Crippen molar-refractivity contribution >= 4 is 5.91 Å². The summed E-state index contributed by atoms with van der Waals surface area (Å²) in [7, 11) is 1.60. The summed E-state index contributed by atoms with van der Waals surface area (Å²) in [4.78, 5) is 14.5. The third kappa shape index (κ3) is 3.61. The van der Waals surface area contributed by atoms with E-state index in [1.165, 1.54) is 12.3 Å². The van der Waals surface area contributed by atoms with Gasteiger partial charge in [-0.1, -0.05) is 30.3 Å². The van der Waals surface area contributed by atoms with Gasteiger partial charge in [0.15, 0.2) is 0 Å². The molecule has 0 bridgehead atoms. The average Bonchev–Trinajstić information content (AvgIpc) is 3.18. The first-order valence-corrected chi connectivity index (χ1v) is 8.98. The Morgan fingerprint density at radius 2 is 2.07 bits per heavy atom. The number of aromatic amines is 1. The summed E-state index contributed by atoms with van der Waals surface area (Å²) in [5.41, 5.74) is 2.50. The summed E-state index contributed by atoms with van der Waals surface area (Å²) in [5, 5.41) is 6.93. The lowest BCUT2D eigenvalue weighted by atomic mass is 10.0. The third-order valence-corrected chi connectivity index (χ3v) is 4.80. The second-order valence-corrected chi connectivity index (χ2v) is 6.63. The standard InChI is InChI=1S/C21H20FN3O3/c1-27-16-7-4-6-14(9-16)20-18(10-23-24-20)21(26)25-11-17(12-25)28-13-15-5-2-3-8-19(15)22/h2-10,17H,11-13H2,1H3,(H,23,24). The Morgan fingerprint density at radius 1 is 1.25 bits per heavy atom. The number of rotatable bonds is 6. The summed E-state index contributed by atoms with van der Waals surface area (Å²) in [6, 6.07) is 14.0. The van der Waals surface area contributed by atoms with Gasteiger partial charge in [0.25, 0.3) is 5.91 Å². The maximum atomic E-state index is 13.6. The molecule has 1 aliphatic rings. The topological polar surface area (TPSA) is 67.5 Å². The number of nitrogens with one attached hydrogen (secondary N) is 1. The maximum Gasteiger partial charge on any atom is 0.257 e. The van der Waals surface area contributed by atoms with E-state index >= 15 is 0 Å². The van der Waals surface area contributed by atoms with Crippen LogP contribution in [0.5, 0.6) is 5.75 Å². The van der Waals surface area contributed by atoms with Crippen molar-refractivity contribution < 1.29 is 18.7 Å². The first kappa shape index (κ1) is 18.2. The van der Waals surface area contributed by atoms with Crippen LogP contribution in [-0.4, -0.2) is 47.3 Å². The van der Waals surface area contributed by atoms with Crippen molar-refractivity contribution in [2.45, 2.75) is 12.7 Å². The summed E-state index contributed by atoms with van der Waals surface area (Å²) < 4.78 is 24.6. The fraction of sp³-hybridized carbons (Fsp3) is 0.238. The fourth-order valence-electron chi connectivity index (χ4n) is 3.15. The zero-order valence-electron chi connectivity index (χ0n) is 15.4. The van der Waals surface area contributed by atoms with Crippen molar-refractivity contribution in [2.24, 2.45) is 0 Å². The van der Waals surface area contributed by atoms with Gasteiger partial charge in [-0.25, -0.2) is 4.39 Å². The Bertz CT molecular complexity index is 982. The number of methoxy groups -OCH3 is 1. The molecular weight excluding hydrogens is 361 g/mol. The molecule has 2 aromatic carbocycles. The van der Waals surface area contributed by atoms with Gasteiger partial charge in [0.2, 0.25) is 0 Å². The van der Waals surface area contributed by atoms with Crippen LogP contribution in [0.15, 0.2) is 54.7 Å². The number of carbonyl (C=O) groups excluding carboxylic acids is 1. The molecule has 1 amide bonds. The van der Waals surface area contributed by atoms with Crippen LogP contribution in [0.1, 0.15) is 15.9 Å². The third-order valence-electron chi connectivity index (χ3n) is 4.80. The van der Waals surface area contributed by atoms with Gasteiger partial charge in [0, 0.05) is 24.2 Å². The Labute approximate surface area is 161 Å². The van der Waals surface area contributed by atoms with E-state index in [4.69, 9.17) is 9.47 Å². The van der Waals surface area contributed by atoms with Gasteiger partial charge in [-0.3, -0.25) is 9.89 Å². The number of amides is 1. The Kier molecular flexibility index (Phi) is 5.08. The van der Waals surface area contributed by atoms with E-state index in [1.54, 1.807) is 30.2 Å². The lowest BCUT2D eigenvalue weighted by Gasteiger charge is -2.38. The lowest BCUT2D eigenvalue weighted by molar-refractivity contribution is -0.0509. The maximum absolute atomic E-state index is 13.6. The zero-order valence-corrected chi connectivity index (χ0v) is 15.4. The number of nitrogens with zero attached hydrogens (tertiary/aromatic N) is 2. The van der Waals surface area contributed by atoms with Crippen molar-refractivity contribution in [3.05, 3.63) is 71.7 Å². The van der Waals surface area contributed by atoms with E-state index in [0.717, 1.165) is 5.56 Å². The number of benzene rings is 2. The summed E-state index contributed by atoms with van der Waals surface area (Å²) in [6.45, 7) is 1.13. The molecule has 2 heterocycles. The molecule has 144 valence electrons. The number of aromatic nitrogens is 2. The van der Waals surface area contributed by atoms with Gasteiger partial charge in [0.05, 0.1) is 37.3 Å². The molecular formula is C21H20FN3O3. The van der Waals surface area contributed by atoms with Crippen molar-refractivity contribution in [1.29, 1.82) is 0 Å². The number of hydrogen-bond acceptors (Lipinski definition) is 4. The number of ether oxygens (including phenoxy) is 2. The number of carbonyl (C=O) groups is 1. The molecule has 28 heavy (non-hydrogen) atoms. The van der Waals surface area contributed by atoms with Crippen LogP contribution in [0.3, 0.4) is 0 Å². The smallest absolute Gasteiger partial charge is 0.257 e. The van der Waals surface area contributed by atoms with Crippen LogP contribution < -0.4 is 4.74 Å². The molecule has 6 nitrogen and oxygen atoms in total. The van der Waals surface area contributed by atoms with Crippen molar-refractivity contribution in [2.75, 3.05) is 20.2 Å². The van der Waals surface area contributed by atoms with Gasteiger partial charge >= 0.3 is 0 Å².